The van der Waals surface area contributed by atoms with E-state index in [4.69, 9.17) is 4.74 Å². The van der Waals surface area contributed by atoms with E-state index in [2.05, 4.69) is 15.2 Å². The first-order chi connectivity index (χ1) is 13.6. The zero-order chi connectivity index (χ0) is 19.9. The van der Waals surface area contributed by atoms with Crippen molar-refractivity contribution >= 4 is 11.9 Å². The Bertz CT molecular complexity index is 956. The topological polar surface area (TPSA) is 90.2 Å². The number of nitrogens with zero attached hydrogens (tertiary/aromatic N) is 5. The number of methoxy groups -OCH3 is 1. The lowest BCUT2D eigenvalue weighted by atomic mass is 10.1. The molecule has 0 atom stereocenters. The molecule has 0 fully saturated rings. The van der Waals surface area contributed by atoms with Crippen LogP contribution in [0, 0.1) is 0 Å². The Kier molecular flexibility index (Phi) is 6.11. The summed E-state index contributed by atoms with van der Waals surface area (Å²) in [6, 6.07) is 10.5. The highest BCUT2D eigenvalue weighted by Crippen LogP contribution is 2.15. The van der Waals surface area contributed by atoms with Gasteiger partial charge in [-0.05, 0) is 31.2 Å². The van der Waals surface area contributed by atoms with Gasteiger partial charge >= 0.3 is 5.97 Å². The van der Waals surface area contributed by atoms with Gasteiger partial charge in [0.2, 0.25) is 0 Å². The van der Waals surface area contributed by atoms with E-state index in [0.717, 1.165) is 5.69 Å². The summed E-state index contributed by atoms with van der Waals surface area (Å²) in [6.45, 7) is 2.93. The zero-order valence-corrected chi connectivity index (χ0v) is 15.8. The highest BCUT2D eigenvalue weighted by Gasteiger charge is 2.19. The van der Waals surface area contributed by atoms with Gasteiger partial charge in [-0.1, -0.05) is 12.1 Å². The second-order valence-corrected chi connectivity index (χ2v) is 6.00. The van der Waals surface area contributed by atoms with Crippen molar-refractivity contribution in [2.24, 2.45) is 0 Å². The van der Waals surface area contributed by atoms with Gasteiger partial charge in [-0.3, -0.25) is 9.78 Å². The van der Waals surface area contributed by atoms with Crippen LogP contribution in [0.25, 0.3) is 5.69 Å². The fourth-order valence-corrected chi connectivity index (χ4v) is 2.85. The molecule has 8 nitrogen and oxygen atoms in total. The maximum Gasteiger partial charge on any atom is 0.337 e. The van der Waals surface area contributed by atoms with E-state index < -0.39 is 5.97 Å². The van der Waals surface area contributed by atoms with Crippen LogP contribution < -0.4 is 0 Å². The number of rotatable bonds is 7. The molecular weight excluding hydrogens is 358 g/mol. The van der Waals surface area contributed by atoms with Crippen LogP contribution in [-0.2, 0) is 11.2 Å². The van der Waals surface area contributed by atoms with Gasteiger partial charge in [0.15, 0.2) is 0 Å². The van der Waals surface area contributed by atoms with Crippen molar-refractivity contribution in [1.82, 2.24) is 24.9 Å². The number of likely N-dealkylation sites (N-methyl/N-ethyl adjacent to an activating group) is 1. The molecule has 8 heteroatoms. The smallest absolute Gasteiger partial charge is 0.337 e. The van der Waals surface area contributed by atoms with Gasteiger partial charge in [-0.25, -0.2) is 4.79 Å². The second-order valence-electron chi connectivity index (χ2n) is 6.00. The molecule has 3 aromatic rings. The van der Waals surface area contributed by atoms with Crippen LogP contribution in [0.4, 0.5) is 0 Å². The normalized spacial score (nSPS) is 10.5. The molecule has 2 aromatic heterocycles. The van der Waals surface area contributed by atoms with Gasteiger partial charge in [0.1, 0.15) is 0 Å². The standard InChI is InChI=1S/C20H21N5O3/c1-3-24(13-9-16-14-15(8-10-21-16)20(27)28-2)19(26)17-6-4-5-7-18(17)25-22-11-12-23-25/h4-8,10-12,14H,3,9,13H2,1-2H3. The Hall–Kier alpha value is -3.55. The third kappa shape index (κ3) is 4.22. The third-order valence-electron chi connectivity index (χ3n) is 4.31. The third-order valence-corrected chi connectivity index (χ3v) is 4.31. The van der Waals surface area contributed by atoms with Crippen LogP contribution in [0.2, 0.25) is 0 Å². The van der Waals surface area contributed by atoms with Crippen molar-refractivity contribution in [1.29, 1.82) is 0 Å². The second kappa shape index (κ2) is 8.90. The summed E-state index contributed by atoms with van der Waals surface area (Å²) in [7, 11) is 1.34. The van der Waals surface area contributed by atoms with Gasteiger partial charge in [0, 0.05) is 31.4 Å². The predicted molar refractivity (Wildman–Crippen MR) is 102 cm³/mol. The van der Waals surface area contributed by atoms with Gasteiger partial charge in [0.25, 0.3) is 5.91 Å². The lowest BCUT2D eigenvalue weighted by molar-refractivity contribution is 0.0599. The van der Waals surface area contributed by atoms with Crippen molar-refractivity contribution < 1.29 is 14.3 Å². The van der Waals surface area contributed by atoms with Gasteiger partial charge in [0.05, 0.1) is 36.3 Å². The van der Waals surface area contributed by atoms with Gasteiger partial charge in [-0.15, -0.1) is 0 Å². The average Bonchev–Trinajstić information content (AvgIpc) is 3.28. The van der Waals surface area contributed by atoms with Crippen molar-refractivity contribution in [2.45, 2.75) is 13.3 Å². The van der Waals surface area contributed by atoms with Gasteiger partial charge in [-0.2, -0.15) is 15.0 Å². The van der Waals surface area contributed by atoms with E-state index in [9.17, 15) is 9.59 Å². The molecule has 0 radical (unpaired) electrons. The summed E-state index contributed by atoms with van der Waals surface area (Å²) >= 11 is 0. The first kappa shape index (κ1) is 19.2. The summed E-state index contributed by atoms with van der Waals surface area (Å²) in [5, 5.41) is 8.25. The van der Waals surface area contributed by atoms with Crippen molar-refractivity contribution in [2.75, 3.05) is 20.2 Å². The Morgan fingerprint density at radius 2 is 1.86 bits per heavy atom. The van der Waals surface area contributed by atoms with Crippen LogP contribution in [0.15, 0.2) is 55.0 Å². The number of hydrogen-bond donors (Lipinski definition) is 0. The molecule has 0 bridgehead atoms. The van der Waals surface area contributed by atoms with Crippen molar-refractivity contribution in [3.05, 3.63) is 71.8 Å². The molecule has 144 valence electrons. The molecule has 0 spiro atoms. The lowest BCUT2D eigenvalue weighted by Gasteiger charge is -2.22. The van der Waals surface area contributed by atoms with Gasteiger partial charge < -0.3 is 9.64 Å². The average molecular weight is 379 g/mol. The zero-order valence-electron chi connectivity index (χ0n) is 15.8. The van der Waals surface area contributed by atoms with E-state index in [-0.39, 0.29) is 5.91 Å². The molecule has 2 heterocycles. The molecule has 0 N–H and O–H groups in total. The molecule has 1 amide bonds. The lowest BCUT2D eigenvalue weighted by Crippen LogP contribution is -2.33. The Balaban J connectivity index is 1.76. The number of ether oxygens (including phenoxy) is 1. The number of carbonyl (C=O) groups is 2. The van der Waals surface area contributed by atoms with Crippen LogP contribution in [0.3, 0.4) is 0 Å². The number of esters is 1. The largest absolute Gasteiger partial charge is 0.465 e. The maximum atomic E-state index is 13.1. The minimum Gasteiger partial charge on any atom is -0.465 e. The minimum atomic E-state index is -0.410. The number of amides is 1. The summed E-state index contributed by atoms with van der Waals surface area (Å²) in [6.07, 6.45) is 5.22. The highest BCUT2D eigenvalue weighted by molar-refractivity contribution is 5.97. The molecule has 0 saturated heterocycles. The summed E-state index contributed by atoms with van der Waals surface area (Å²) in [4.78, 5) is 32.2. The molecular formula is C20H21N5O3. The van der Waals surface area contributed by atoms with Crippen LogP contribution in [0.1, 0.15) is 33.3 Å². The van der Waals surface area contributed by atoms with Crippen LogP contribution in [-0.4, -0.2) is 57.0 Å². The molecule has 1 aromatic carbocycles. The molecule has 0 aliphatic heterocycles. The Morgan fingerprint density at radius 1 is 1.11 bits per heavy atom. The Labute approximate surface area is 162 Å². The summed E-state index contributed by atoms with van der Waals surface area (Å²) in [5.74, 6) is -0.521. The number of benzene rings is 1. The number of pyridine rings is 1. The molecule has 0 aliphatic carbocycles. The van der Waals surface area contributed by atoms with E-state index in [0.29, 0.717) is 36.3 Å². The van der Waals surface area contributed by atoms with E-state index >= 15 is 0 Å². The van der Waals surface area contributed by atoms with Crippen LogP contribution >= 0.6 is 0 Å². The molecule has 0 unspecified atom stereocenters. The summed E-state index contributed by atoms with van der Waals surface area (Å²) < 4.78 is 4.74. The van der Waals surface area contributed by atoms with E-state index in [1.54, 1.807) is 41.7 Å². The fraction of sp³-hybridized carbons (Fsp3) is 0.250. The number of aromatic nitrogens is 4. The number of carbonyl (C=O) groups excluding carboxylic acids is 2. The fourth-order valence-electron chi connectivity index (χ4n) is 2.85. The van der Waals surface area contributed by atoms with Crippen molar-refractivity contribution in [3.8, 4) is 5.69 Å². The maximum absolute atomic E-state index is 13.1. The number of para-hydroxylation sites is 1. The molecule has 28 heavy (non-hydrogen) atoms. The monoisotopic (exact) mass is 379 g/mol. The first-order valence-corrected chi connectivity index (χ1v) is 8.92. The minimum absolute atomic E-state index is 0.112. The Morgan fingerprint density at radius 3 is 2.57 bits per heavy atom. The molecule has 0 aliphatic rings. The van der Waals surface area contributed by atoms with Crippen LogP contribution in [0.5, 0.6) is 0 Å². The molecule has 3 rings (SSSR count). The number of hydrogen-bond acceptors (Lipinski definition) is 6. The quantitative estimate of drug-likeness (QED) is 0.584. The summed E-state index contributed by atoms with van der Waals surface area (Å²) in [5.41, 5.74) is 2.31. The highest BCUT2D eigenvalue weighted by atomic mass is 16.5. The predicted octanol–water partition coefficient (Wildman–Crippen LogP) is 2.15. The molecule has 0 saturated carbocycles. The van der Waals surface area contributed by atoms with E-state index in [1.807, 2.05) is 25.1 Å². The van der Waals surface area contributed by atoms with Crippen molar-refractivity contribution in [3.63, 3.8) is 0 Å². The SMILES string of the molecule is CCN(CCc1cc(C(=O)OC)ccn1)C(=O)c1ccccc1-n1nccn1. The van der Waals surface area contributed by atoms with E-state index in [1.165, 1.54) is 11.9 Å². The first-order valence-electron chi connectivity index (χ1n) is 8.92.